The predicted molar refractivity (Wildman–Crippen MR) is 91.2 cm³/mol. The summed E-state index contributed by atoms with van der Waals surface area (Å²) in [7, 11) is 0. The highest BCUT2D eigenvalue weighted by Crippen LogP contribution is 2.35. The summed E-state index contributed by atoms with van der Waals surface area (Å²) < 4.78 is 45.0. The SMILES string of the molecule is Cl.NC1(c2noc(-c3cn(-c4cccc(C(F)(F)F)c4)nn3)n2)CCCC1. The van der Waals surface area contributed by atoms with Crippen molar-refractivity contribution in [2.75, 3.05) is 0 Å². The molecule has 27 heavy (non-hydrogen) atoms. The van der Waals surface area contributed by atoms with Crippen molar-refractivity contribution in [1.82, 2.24) is 25.1 Å². The Hall–Kier alpha value is -2.46. The second kappa shape index (κ2) is 6.93. The molecule has 1 aliphatic carbocycles. The molecule has 1 aliphatic rings. The highest BCUT2D eigenvalue weighted by Gasteiger charge is 2.36. The van der Waals surface area contributed by atoms with Gasteiger partial charge in [-0.1, -0.05) is 29.3 Å². The van der Waals surface area contributed by atoms with Crippen molar-refractivity contribution in [1.29, 1.82) is 0 Å². The first-order valence-electron chi connectivity index (χ1n) is 8.09. The molecule has 0 bridgehead atoms. The Morgan fingerprint density at radius 3 is 2.63 bits per heavy atom. The zero-order valence-corrected chi connectivity index (χ0v) is 14.8. The van der Waals surface area contributed by atoms with Gasteiger partial charge in [-0.3, -0.25) is 0 Å². The maximum absolute atomic E-state index is 12.9. The summed E-state index contributed by atoms with van der Waals surface area (Å²) in [5.41, 5.74) is 5.42. The maximum atomic E-state index is 12.9. The number of hydrogen-bond donors (Lipinski definition) is 1. The molecule has 1 fully saturated rings. The zero-order chi connectivity index (χ0) is 18.4. The molecule has 0 amide bonds. The van der Waals surface area contributed by atoms with Gasteiger partial charge in [0.25, 0.3) is 5.89 Å². The molecule has 0 saturated heterocycles. The van der Waals surface area contributed by atoms with Crippen molar-refractivity contribution in [3.63, 3.8) is 0 Å². The highest BCUT2D eigenvalue weighted by atomic mass is 35.5. The molecule has 1 saturated carbocycles. The average Bonchev–Trinajstić information content (AvgIpc) is 3.34. The second-order valence-electron chi connectivity index (χ2n) is 6.38. The molecular formula is C16H16ClF3N6O. The summed E-state index contributed by atoms with van der Waals surface area (Å²) in [4.78, 5) is 4.30. The lowest BCUT2D eigenvalue weighted by Crippen LogP contribution is -2.34. The van der Waals surface area contributed by atoms with Gasteiger partial charge in [0, 0.05) is 0 Å². The first-order valence-corrected chi connectivity index (χ1v) is 8.09. The molecule has 2 aromatic heterocycles. The van der Waals surface area contributed by atoms with Crippen LogP contribution >= 0.6 is 12.4 Å². The van der Waals surface area contributed by atoms with Gasteiger partial charge in [0.15, 0.2) is 11.5 Å². The number of alkyl halides is 3. The fourth-order valence-corrected chi connectivity index (χ4v) is 3.07. The van der Waals surface area contributed by atoms with Crippen molar-refractivity contribution in [3.8, 4) is 17.3 Å². The first kappa shape index (κ1) is 19.3. The Morgan fingerprint density at radius 2 is 1.93 bits per heavy atom. The number of hydrogen-bond acceptors (Lipinski definition) is 6. The van der Waals surface area contributed by atoms with Crippen molar-refractivity contribution in [2.24, 2.45) is 5.73 Å². The van der Waals surface area contributed by atoms with Gasteiger partial charge in [-0.15, -0.1) is 17.5 Å². The molecule has 3 aromatic rings. The van der Waals surface area contributed by atoms with Gasteiger partial charge >= 0.3 is 6.18 Å². The quantitative estimate of drug-likeness (QED) is 0.723. The molecular weight excluding hydrogens is 385 g/mol. The van der Waals surface area contributed by atoms with Crippen LogP contribution in [-0.2, 0) is 11.7 Å². The minimum absolute atomic E-state index is 0. The van der Waals surface area contributed by atoms with Crippen molar-refractivity contribution < 1.29 is 17.7 Å². The van der Waals surface area contributed by atoms with Crippen molar-refractivity contribution in [3.05, 3.63) is 41.9 Å². The number of benzene rings is 1. The molecule has 2 heterocycles. The number of rotatable bonds is 3. The van der Waals surface area contributed by atoms with Crippen molar-refractivity contribution in [2.45, 2.75) is 37.4 Å². The molecule has 0 spiro atoms. The van der Waals surface area contributed by atoms with E-state index in [4.69, 9.17) is 10.3 Å². The third-order valence-corrected chi connectivity index (χ3v) is 4.52. The molecule has 0 unspecified atom stereocenters. The Labute approximate surface area is 158 Å². The molecule has 11 heteroatoms. The summed E-state index contributed by atoms with van der Waals surface area (Å²) in [6.07, 6.45) is 0.576. The fourth-order valence-electron chi connectivity index (χ4n) is 3.07. The lowest BCUT2D eigenvalue weighted by Gasteiger charge is -2.17. The summed E-state index contributed by atoms with van der Waals surface area (Å²) in [5, 5.41) is 11.7. The van der Waals surface area contributed by atoms with Crippen LogP contribution < -0.4 is 5.73 Å². The van der Waals surface area contributed by atoms with Crippen LogP contribution in [-0.4, -0.2) is 25.1 Å². The normalized spacial score (nSPS) is 16.3. The molecule has 7 nitrogen and oxygen atoms in total. The predicted octanol–water partition coefficient (Wildman–Crippen LogP) is 3.49. The summed E-state index contributed by atoms with van der Waals surface area (Å²) in [6.45, 7) is 0. The van der Waals surface area contributed by atoms with E-state index in [9.17, 15) is 13.2 Å². The van der Waals surface area contributed by atoms with E-state index in [2.05, 4.69) is 20.5 Å². The lowest BCUT2D eigenvalue weighted by molar-refractivity contribution is -0.137. The van der Waals surface area contributed by atoms with Gasteiger partial charge in [-0.2, -0.15) is 18.2 Å². The first-order chi connectivity index (χ1) is 12.4. The van der Waals surface area contributed by atoms with Crippen LogP contribution in [0.2, 0.25) is 0 Å². The van der Waals surface area contributed by atoms with E-state index in [-0.39, 0.29) is 29.7 Å². The zero-order valence-electron chi connectivity index (χ0n) is 14.0. The van der Waals surface area contributed by atoms with E-state index in [1.807, 2.05) is 0 Å². The van der Waals surface area contributed by atoms with Crippen molar-refractivity contribution >= 4 is 12.4 Å². The van der Waals surface area contributed by atoms with Gasteiger partial charge < -0.3 is 10.3 Å². The van der Waals surface area contributed by atoms with Crippen LogP contribution in [0, 0.1) is 0 Å². The highest BCUT2D eigenvalue weighted by molar-refractivity contribution is 5.85. The van der Waals surface area contributed by atoms with E-state index in [0.717, 1.165) is 37.8 Å². The number of nitrogens with zero attached hydrogens (tertiary/aromatic N) is 5. The number of aromatic nitrogens is 5. The smallest absolute Gasteiger partial charge is 0.332 e. The largest absolute Gasteiger partial charge is 0.416 e. The van der Waals surface area contributed by atoms with Gasteiger partial charge in [-0.05, 0) is 31.0 Å². The van der Waals surface area contributed by atoms with Crippen LogP contribution in [0.15, 0.2) is 35.0 Å². The van der Waals surface area contributed by atoms with Gasteiger partial charge in [0.1, 0.15) is 0 Å². The summed E-state index contributed by atoms with van der Waals surface area (Å²) in [5.74, 6) is 0.550. The molecule has 1 aromatic carbocycles. The van der Waals surface area contributed by atoms with Gasteiger partial charge in [-0.25, -0.2) is 4.68 Å². The topological polar surface area (TPSA) is 95.7 Å². The maximum Gasteiger partial charge on any atom is 0.416 e. The molecule has 0 aliphatic heterocycles. The standard InChI is InChI=1S/C16H15F3N6O.ClH/c17-16(18,19)10-4-3-5-11(8-10)25-9-12(22-24-25)13-21-14(23-26-13)15(20)6-1-2-7-15;/h3-5,8-9H,1-2,6-7,20H2;1H. The second-order valence-corrected chi connectivity index (χ2v) is 6.38. The molecule has 2 N–H and O–H groups in total. The summed E-state index contributed by atoms with van der Waals surface area (Å²) >= 11 is 0. The van der Waals surface area contributed by atoms with E-state index < -0.39 is 17.3 Å². The lowest BCUT2D eigenvalue weighted by atomic mass is 9.99. The van der Waals surface area contributed by atoms with Crippen LogP contribution in [0.1, 0.15) is 37.1 Å². The number of halogens is 4. The van der Waals surface area contributed by atoms with Gasteiger partial charge in [0.05, 0.1) is 23.0 Å². The minimum Gasteiger partial charge on any atom is -0.332 e. The molecule has 0 atom stereocenters. The Balaban J connectivity index is 0.00000210. The van der Waals surface area contributed by atoms with Gasteiger partial charge in [0.2, 0.25) is 0 Å². The van der Waals surface area contributed by atoms with E-state index in [1.165, 1.54) is 23.0 Å². The fraction of sp³-hybridized carbons (Fsp3) is 0.375. The Kier molecular flexibility index (Phi) is 4.96. The monoisotopic (exact) mass is 400 g/mol. The minimum atomic E-state index is -4.43. The van der Waals surface area contributed by atoms with Crippen LogP contribution in [0.25, 0.3) is 17.3 Å². The molecule has 0 radical (unpaired) electrons. The summed E-state index contributed by atoms with van der Waals surface area (Å²) in [6, 6.07) is 4.79. The van der Waals surface area contributed by atoms with E-state index in [0.29, 0.717) is 5.82 Å². The molecule has 144 valence electrons. The van der Waals surface area contributed by atoms with E-state index >= 15 is 0 Å². The molecule has 4 rings (SSSR count). The van der Waals surface area contributed by atoms with E-state index in [1.54, 1.807) is 0 Å². The van der Waals surface area contributed by atoms with Crippen LogP contribution in [0.4, 0.5) is 13.2 Å². The Bertz CT molecular complexity index is 932. The third-order valence-electron chi connectivity index (χ3n) is 4.52. The Morgan fingerprint density at radius 1 is 1.19 bits per heavy atom. The van der Waals surface area contributed by atoms with Crippen LogP contribution in [0.5, 0.6) is 0 Å². The van der Waals surface area contributed by atoms with Crippen LogP contribution in [0.3, 0.4) is 0 Å². The average molecular weight is 401 g/mol. The third kappa shape index (κ3) is 3.67. The number of nitrogens with two attached hydrogens (primary N) is 1.